The average molecular weight is 282 g/mol. The van der Waals surface area contributed by atoms with E-state index in [1.807, 2.05) is 16.3 Å². The molecule has 104 valence electrons. The van der Waals surface area contributed by atoms with Gasteiger partial charge in [0.25, 0.3) is 0 Å². The molecule has 2 rings (SSSR count). The van der Waals surface area contributed by atoms with Crippen molar-refractivity contribution in [1.29, 1.82) is 0 Å². The van der Waals surface area contributed by atoms with Crippen molar-refractivity contribution in [2.24, 2.45) is 7.05 Å². The van der Waals surface area contributed by atoms with Crippen LogP contribution in [-0.4, -0.2) is 48.1 Å². The normalized spacial score (nSPS) is 11.1. The summed E-state index contributed by atoms with van der Waals surface area (Å²) in [4.78, 5) is 0. The fourth-order valence-corrected chi connectivity index (χ4v) is 2.38. The summed E-state index contributed by atoms with van der Waals surface area (Å²) in [6.45, 7) is 4.81. The topological polar surface area (TPSA) is 86.3 Å². The number of nitrogens with zero attached hydrogens (tertiary/aromatic N) is 7. The van der Waals surface area contributed by atoms with Crippen LogP contribution in [0.15, 0.2) is 11.5 Å². The highest BCUT2D eigenvalue weighted by Gasteiger charge is 2.09. The summed E-state index contributed by atoms with van der Waals surface area (Å²) < 4.78 is 3.70. The summed E-state index contributed by atoms with van der Waals surface area (Å²) in [5, 5.41) is 23.7. The second-order valence-electron chi connectivity index (χ2n) is 4.08. The first kappa shape index (κ1) is 13.9. The van der Waals surface area contributed by atoms with Crippen LogP contribution in [0.3, 0.4) is 0 Å². The molecule has 2 aromatic heterocycles. The van der Waals surface area contributed by atoms with Crippen molar-refractivity contribution in [2.75, 3.05) is 13.1 Å². The fourth-order valence-electron chi connectivity index (χ4n) is 1.49. The molecule has 0 fully saturated rings. The first-order valence-electron chi connectivity index (χ1n) is 6.23. The van der Waals surface area contributed by atoms with Crippen LogP contribution in [-0.2, 0) is 19.3 Å². The largest absolute Gasteiger partial charge is 0.320 e. The van der Waals surface area contributed by atoms with Crippen LogP contribution in [0, 0.1) is 0 Å². The van der Waals surface area contributed by atoms with Crippen molar-refractivity contribution in [3.63, 3.8) is 0 Å². The first-order valence-corrected chi connectivity index (χ1v) is 7.22. The molecule has 0 saturated heterocycles. The third-order valence-corrected chi connectivity index (χ3v) is 3.51. The van der Waals surface area contributed by atoms with Gasteiger partial charge in [0.15, 0.2) is 0 Å². The second-order valence-corrected chi connectivity index (χ2v) is 5.02. The Morgan fingerprint density at radius 2 is 2.21 bits per heavy atom. The van der Waals surface area contributed by atoms with Crippen LogP contribution >= 0.6 is 11.8 Å². The van der Waals surface area contributed by atoms with Gasteiger partial charge in [-0.2, -0.15) is 0 Å². The molecule has 2 heterocycles. The molecule has 0 aliphatic carbocycles. The SMILES string of the molecule is CCCNCCn1nnnc1SCc1nncn1C. The van der Waals surface area contributed by atoms with Gasteiger partial charge in [0, 0.05) is 13.6 Å². The molecule has 0 bridgehead atoms. The van der Waals surface area contributed by atoms with Crippen molar-refractivity contribution in [3.8, 4) is 0 Å². The molecule has 0 atom stereocenters. The predicted octanol–water partition coefficient (Wildman–Crippen LogP) is 0.0935. The zero-order valence-electron chi connectivity index (χ0n) is 11.2. The Balaban J connectivity index is 1.83. The summed E-state index contributed by atoms with van der Waals surface area (Å²) in [5.74, 6) is 1.61. The summed E-state index contributed by atoms with van der Waals surface area (Å²) in [6.07, 6.45) is 2.82. The number of hydrogen-bond donors (Lipinski definition) is 1. The van der Waals surface area contributed by atoms with E-state index < -0.39 is 0 Å². The van der Waals surface area contributed by atoms with Crippen LogP contribution in [0.1, 0.15) is 19.2 Å². The van der Waals surface area contributed by atoms with Crippen LogP contribution < -0.4 is 5.32 Å². The van der Waals surface area contributed by atoms with Gasteiger partial charge in [-0.15, -0.1) is 15.3 Å². The molecule has 0 aliphatic rings. The summed E-state index contributed by atoms with van der Waals surface area (Å²) >= 11 is 1.57. The third kappa shape index (κ3) is 4.00. The molecule has 0 aliphatic heterocycles. The number of thioether (sulfide) groups is 1. The predicted molar refractivity (Wildman–Crippen MR) is 71.5 cm³/mol. The molecular weight excluding hydrogens is 264 g/mol. The van der Waals surface area contributed by atoms with Gasteiger partial charge in [-0.1, -0.05) is 18.7 Å². The zero-order chi connectivity index (χ0) is 13.5. The second kappa shape index (κ2) is 7.19. The van der Waals surface area contributed by atoms with Gasteiger partial charge in [-0.3, -0.25) is 0 Å². The molecule has 0 aromatic carbocycles. The average Bonchev–Trinajstić information content (AvgIpc) is 3.01. The van der Waals surface area contributed by atoms with E-state index in [1.54, 1.807) is 18.1 Å². The smallest absolute Gasteiger partial charge is 0.209 e. The summed E-state index contributed by atoms with van der Waals surface area (Å²) in [5.41, 5.74) is 0. The van der Waals surface area contributed by atoms with Gasteiger partial charge in [-0.25, -0.2) is 4.68 Å². The lowest BCUT2D eigenvalue weighted by Crippen LogP contribution is -2.21. The highest BCUT2D eigenvalue weighted by Crippen LogP contribution is 2.17. The van der Waals surface area contributed by atoms with Gasteiger partial charge >= 0.3 is 0 Å². The van der Waals surface area contributed by atoms with Crippen LogP contribution in [0.25, 0.3) is 0 Å². The van der Waals surface area contributed by atoms with Gasteiger partial charge in [0.1, 0.15) is 12.2 Å². The van der Waals surface area contributed by atoms with E-state index >= 15 is 0 Å². The van der Waals surface area contributed by atoms with E-state index in [2.05, 4.69) is 38.0 Å². The number of aryl methyl sites for hydroxylation is 1. The van der Waals surface area contributed by atoms with Gasteiger partial charge in [-0.05, 0) is 23.4 Å². The maximum absolute atomic E-state index is 4.03. The van der Waals surface area contributed by atoms with Gasteiger partial charge in [0.2, 0.25) is 5.16 Å². The number of aromatic nitrogens is 7. The number of hydrogen-bond acceptors (Lipinski definition) is 7. The lowest BCUT2D eigenvalue weighted by atomic mass is 10.5. The molecule has 0 radical (unpaired) electrons. The first-order chi connectivity index (χ1) is 9.31. The Hall–Kier alpha value is -1.48. The minimum atomic E-state index is 0.708. The molecule has 0 unspecified atom stereocenters. The molecule has 0 saturated carbocycles. The standard InChI is InChI=1S/C10H18N8S/c1-3-4-11-5-6-18-10(14-15-16-18)19-7-9-13-12-8-17(9)2/h8,11H,3-7H2,1-2H3. The van der Waals surface area contributed by atoms with Crippen molar-refractivity contribution < 1.29 is 0 Å². The van der Waals surface area contributed by atoms with E-state index in [1.165, 1.54) is 0 Å². The van der Waals surface area contributed by atoms with Crippen LogP contribution in [0.4, 0.5) is 0 Å². The fraction of sp³-hybridized carbons (Fsp3) is 0.700. The number of tetrazole rings is 1. The summed E-state index contributed by atoms with van der Waals surface area (Å²) in [7, 11) is 1.92. The highest BCUT2D eigenvalue weighted by atomic mass is 32.2. The van der Waals surface area contributed by atoms with E-state index in [0.29, 0.717) is 5.75 Å². The maximum Gasteiger partial charge on any atom is 0.209 e. The molecule has 0 spiro atoms. The number of nitrogens with one attached hydrogen (secondary N) is 1. The van der Waals surface area contributed by atoms with Crippen molar-refractivity contribution in [3.05, 3.63) is 12.2 Å². The zero-order valence-corrected chi connectivity index (χ0v) is 12.0. The van der Waals surface area contributed by atoms with E-state index in [9.17, 15) is 0 Å². The van der Waals surface area contributed by atoms with Crippen LogP contribution in [0.5, 0.6) is 0 Å². The van der Waals surface area contributed by atoms with Gasteiger partial charge in [0.05, 0.1) is 12.3 Å². The van der Waals surface area contributed by atoms with Gasteiger partial charge < -0.3 is 9.88 Å². The van der Waals surface area contributed by atoms with Crippen molar-refractivity contribution in [1.82, 2.24) is 40.3 Å². The minimum absolute atomic E-state index is 0.708. The lowest BCUT2D eigenvalue weighted by molar-refractivity contribution is 0.510. The molecule has 0 amide bonds. The van der Waals surface area contributed by atoms with Crippen molar-refractivity contribution >= 4 is 11.8 Å². The number of rotatable bonds is 8. The van der Waals surface area contributed by atoms with E-state index in [-0.39, 0.29) is 0 Å². The van der Waals surface area contributed by atoms with Crippen molar-refractivity contribution in [2.45, 2.75) is 30.8 Å². The summed E-state index contributed by atoms with van der Waals surface area (Å²) in [6, 6.07) is 0. The highest BCUT2D eigenvalue weighted by molar-refractivity contribution is 7.98. The molecule has 9 heteroatoms. The molecule has 2 aromatic rings. The molecule has 8 nitrogen and oxygen atoms in total. The Morgan fingerprint density at radius 1 is 1.32 bits per heavy atom. The maximum atomic E-state index is 4.03. The molecule has 1 N–H and O–H groups in total. The molecule has 19 heavy (non-hydrogen) atoms. The lowest BCUT2D eigenvalue weighted by Gasteiger charge is -2.05. The third-order valence-electron chi connectivity index (χ3n) is 2.56. The van der Waals surface area contributed by atoms with E-state index in [4.69, 9.17) is 0 Å². The monoisotopic (exact) mass is 282 g/mol. The Bertz CT molecular complexity index is 493. The molecular formula is C10H18N8S. The van der Waals surface area contributed by atoms with Crippen LogP contribution in [0.2, 0.25) is 0 Å². The quantitative estimate of drug-likeness (QED) is 0.542. The Kier molecular flexibility index (Phi) is 5.28. The van der Waals surface area contributed by atoms with E-state index in [0.717, 1.165) is 37.0 Å². The Labute approximate surface area is 116 Å². The minimum Gasteiger partial charge on any atom is -0.320 e. The Morgan fingerprint density at radius 3 is 2.95 bits per heavy atom.